The molecule has 2 heterocycles. The molecule has 0 spiro atoms. The van der Waals surface area contributed by atoms with E-state index in [-0.39, 0.29) is 19.8 Å². The van der Waals surface area contributed by atoms with Crippen molar-refractivity contribution in [2.75, 3.05) is 6.61 Å². The van der Waals surface area contributed by atoms with E-state index in [1.807, 2.05) is 6.07 Å². The van der Waals surface area contributed by atoms with Gasteiger partial charge in [0.15, 0.2) is 6.10 Å². The summed E-state index contributed by atoms with van der Waals surface area (Å²) in [5.74, 6) is 0.491. The number of nitrogens with zero attached hydrogens (tertiary/aromatic N) is 1. The first-order chi connectivity index (χ1) is 11.2. The average molecular weight is 335 g/mol. The van der Waals surface area contributed by atoms with Gasteiger partial charge in [0.1, 0.15) is 6.61 Å². The Kier molecular flexibility index (Phi) is 4.64. The van der Waals surface area contributed by atoms with Crippen LogP contribution in [0.4, 0.5) is 4.79 Å². The summed E-state index contributed by atoms with van der Waals surface area (Å²) in [7, 11) is 0. The summed E-state index contributed by atoms with van der Waals surface area (Å²) >= 11 is 5.88. The van der Waals surface area contributed by atoms with Crippen LogP contribution in [0.3, 0.4) is 0 Å². The van der Waals surface area contributed by atoms with E-state index in [9.17, 15) is 9.90 Å². The largest absolute Gasteiger partial charge is 0.473 e. The molecule has 1 atom stereocenters. The number of hydrogen-bond donors (Lipinski definition) is 2. The molecule has 2 aromatic rings. The lowest BCUT2D eigenvalue weighted by molar-refractivity contribution is 0.0821. The van der Waals surface area contributed by atoms with Crippen molar-refractivity contribution >= 4 is 17.7 Å². The van der Waals surface area contributed by atoms with Crippen LogP contribution >= 0.6 is 11.6 Å². The van der Waals surface area contributed by atoms with Crippen LogP contribution in [0.15, 0.2) is 36.5 Å². The maximum absolute atomic E-state index is 12.0. The molecule has 6 nitrogen and oxygen atoms in total. The smallest absolute Gasteiger partial charge is 0.408 e. The van der Waals surface area contributed by atoms with Crippen LogP contribution in [-0.2, 0) is 17.9 Å². The number of ether oxygens (including phenoxy) is 2. The molecule has 7 heteroatoms. The van der Waals surface area contributed by atoms with Gasteiger partial charge in [0, 0.05) is 17.8 Å². The van der Waals surface area contributed by atoms with Gasteiger partial charge in [0.2, 0.25) is 5.88 Å². The average Bonchev–Trinajstić information content (AvgIpc) is 2.97. The maximum Gasteiger partial charge on any atom is 0.408 e. The zero-order valence-corrected chi connectivity index (χ0v) is 12.9. The third kappa shape index (κ3) is 3.55. The number of carbonyl (C=O) groups is 1. The Hall–Kier alpha value is -2.31. The highest BCUT2D eigenvalue weighted by Crippen LogP contribution is 2.32. The first-order valence-corrected chi connectivity index (χ1v) is 7.45. The summed E-state index contributed by atoms with van der Waals surface area (Å²) in [5.41, 5.74) is 2.19. The molecule has 0 saturated heterocycles. The fourth-order valence-electron chi connectivity index (χ4n) is 2.36. The minimum atomic E-state index is -0.561. The molecule has 1 aromatic carbocycles. The number of hydrogen-bond acceptors (Lipinski definition) is 5. The molecule has 0 radical (unpaired) electrons. The Bertz CT molecular complexity index is 723. The van der Waals surface area contributed by atoms with Crippen molar-refractivity contribution in [1.82, 2.24) is 10.3 Å². The normalized spacial score (nSPS) is 15.7. The molecule has 1 aromatic heterocycles. The van der Waals surface area contributed by atoms with Gasteiger partial charge in [-0.05, 0) is 35.4 Å². The van der Waals surface area contributed by atoms with Gasteiger partial charge in [-0.1, -0.05) is 17.7 Å². The molecule has 1 unspecified atom stereocenters. The van der Waals surface area contributed by atoms with E-state index in [0.29, 0.717) is 16.5 Å². The first-order valence-electron chi connectivity index (χ1n) is 7.07. The van der Waals surface area contributed by atoms with Gasteiger partial charge < -0.3 is 19.9 Å². The fourth-order valence-corrected chi connectivity index (χ4v) is 2.56. The molecular formula is C16H15ClN2O4. The monoisotopic (exact) mass is 334 g/mol. The second kappa shape index (κ2) is 6.85. The van der Waals surface area contributed by atoms with Crippen LogP contribution in [0.2, 0.25) is 5.02 Å². The van der Waals surface area contributed by atoms with Crippen molar-refractivity contribution in [3.63, 3.8) is 0 Å². The van der Waals surface area contributed by atoms with E-state index in [0.717, 1.165) is 11.1 Å². The summed E-state index contributed by atoms with van der Waals surface area (Å²) < 4.78 is 10.7. The molecular weight excluding hydrogens is 320 g/mol. The summed E-state index contributed by atoms with van der Waals surface area (Å²) in [4.78, 5) is 16.0. The number of amides is 1. The summed E-state index contributed by atoms with van der Waals surface area (Å²) in [5, 5.41) is 12.5. The topological polar surface area (TPSA) is 80.7 Å². The Labute approximate surface area is 138 Å². The highest BCUT2D eigenvalue weighted by atomic mass is 35.5. The van der Waals surface area contributed by atoms with Crippen molar-refractivity contribution in [3.05, 3.63) is 58.2 Å². The van der Waals surface area contributed by atoms with Crippen LogP contribution in [0, 0.1) is 0 Å². The first kappa shape index (κ1) is 15.6. The minimum absolute atomic E-state index is 0.151. The van der Waals surface area contributed by atoms with E-state index >= 15 is 0 Å². The number of rotatable bonds is 4. The summed E-state index contributed by atoms with van der Waals surface area (Å²) in [6, 6.07) is 8.71. The number of aliphatic hydroxyl groups excluding tert-OH is 1. The number of benzene rings is 1. The van der Waals surface area contributed by atoms with E-state index in [4.69, 9.17) is 21.1 Å². The molecule has 1 amide bonds. The van der Waals surface area contributed by atoms with E-state index in [1.54, 1.807) is 30.5 Å². The lowest BCUT2D eigenvalue weighted by Gasteiger charge is -2.13. The van der Waals surface area contributed by atoms with Gasteiger partial charge in [-0.15, -0.1) is 0 Å². The number of pyridine rings is 1. The predicted molar refractivity (Wildman–Crippen MR) is 83.2 cm³/mol. The zero-order chi connectivity index (χ0) is 16.2. The van der Waals surface area contributed by atoms with Crippen molar-refractivity contribution < 1.29 is 19.4 Å². The van der Waals surface area contributed by atoms with Gasteiger partial charge in [0.05, 0.1) is 12.2 Å². The molecule has 0 bridgehead atoms. The summed E-state index contributed by atoms with van der Waals surface area (Å²) in [6.45, 7) is 0.337. The number of carbonyl (C=O) groups excluding carboxylic acids is 1. The lowest BCUT2D eigenvalue weighted by atomic mass is 10.1. The molecule has 23 heavy (non-hydrogen) atoms. The van der Waals surface area contributed by atoms with Crippen LogP contribution in [0.1, 0.15) is 22.8 Å². The Morgan fingerprint density at radius 3 is 3.13 bits per heavy atom. The highest BCUT2D eigenvalue weighted by molar-refractivity contribution is 6.30. The third-order valence-corrected chi connectivity index (χ3v) is 3.77. The molecule has 0 aliphatic carbocycles. The van der Waals surface area contributed by atoms with Crippen LogP contribution in [-0.4, -0.2) is 22.8 Å². The molecule has 1 aliphatic heterocycles. The third-order valence-electron chi connectivity index (χ3n) is 3.53. The number of halogens is 1. The quantitative estimate of drug-likeness (QED) is 0.898. The highest BCUT2D eigenvalue weighted by Gasteiger charge is 2.28. The van der Waals surface area contributed by atoms with Crippen molar-refractivity contribution in [2.24, 2.45) is 0 Å². The van der Waals surface area contributed by atoms with E-state index < -0.39 is 12.2 Å². The zero-order valence-electron chi connectivity index (χ0n) is 12.2. The lowest BCUT2D eigenvalue weighted by Crippen LogP contribution is -2.26. The van der Waals surface area contributed by atoms with Gasteiger partial charge in [-0.2, -0.15) is 0 Å². The Balaban J connectivity index is 1.59. The molecule has 0 saturated carbocycles. The fraction of sp³-hybridized carbons (Fsp3) is 0.250. The number of aliphatic hydroxyl groups is 1. The van der Waals surface area contributed by atoms with Crippen molar-refractivity contribution in [3.8, 4) is 5.88 Å². The molecule has 120 valence electrons. The number of alkyl carbamates (subject to hydrolysis) is 1. The number of fused-ring (bicyclic) bond motifs is 1. The number of nitrogens with one attached hydrogen (secondary N) is 1. The molecule has 3 rings (SSSR count). The number of aromatic nitrogens is 1. The van der Waals surface area contributed by atoms with Gasteiger partial charge in [0.25, 0.3) is 0 Å². The van der Waals surface area contributed by atoms with Crippen molar-refractivity contribution in [1.29, 1.82) is 0 Å². The Morgan fingerprint density at radius 1 is 1.43 bits per heavy atom. The minimum Gasteiger partial charge on any atom is -0.473 e. The van der Waals surface area contributed by atoms with Gasteiger partial charge >= 0.3 is 6.09 Å². The summed E-state index contributed by atoms with van der Waals surface area (Å²) in [6.07, 6.45) is 0.591. The van der Waals surface area contributed by atoms with E-state index in [1.165, 1.54) is 0 Å². The second-order valence-electron chi connectivity index (χ2n) is 5.03. The molecule has 1 aliphatic rings. The second-order valence-corrected chi connectivity index (χ2v) is 5.46. The SMILES string of the molecule is O=C(NCc1ccc(Cl)cc1CO)OC1COc2ncccc21. The molecule has 2 N–H and O–H groups in total. The standard InChI is InChI=1S/C16H15ClN2O4/c17-12-4-3-10(11(6-12)8-20)7-19-16(21)23-14-9-22-15-13(14)2-1-5-18-15/h1-6,14,20H,7-9H2,(H,19,21). The van der Waals surface area contributed by atoms with Gasteiger partial charge in [-0.3, -0.25) is 0 Å². The van der Waals surface area contributed by atoms with Crippen LogP contribution in [0.25, 0.3) is 0 Å². The maximum atomic E-state index is 12.0. The molecule has 0 fully saturated rings. The Morgan fingerprint density at radius 2 is 2.30 bits per heavy atom. The van der Waals surface area contributed by atoms with Crippen molar-refractivity contribution in [2.45, 2.75) is 19.3 Å². The van der Waals surface area contributed by atoms with Crippen LogP contribution in [0.5, 0.6) is 5.88 Å². The predicted octanol–water partition coefficient (Wildman–Crippen LogP) is 2.59. The van der Waals surface area contributed by atoms with E-state index in [2.05, 4.69) is 10.3 Å². The van der Waals surface area contributed by atoms with Crippen LogP contribution < -0.4 is 10.1 Å². The van der Waals surface area contributed by atoms with Gasteiger partial charge in [-0.25, -0.2) is 9.78 Å².